The third-order valence-corrected chi connectivity index (χ3v) is 3.98. The average molecular weight is 421 g/mol. The van der Waals surface area contributed by atoms with Crippen LogP contribution in [-0.2, 0) is 4.79 Å². The van der Waals surface area contributed by atoms with Crippen LogP contribution in [0.4, 0.5) is 27.6 Å². The van der Waals surface area contributed by atoms with E-state index in [0.717, 1.165) is 11.0 Å². The summed E-state index contributed by atoms with van der Waals surface area (Å²) in [6, 6.07) is 2.69. The van der Waals surface area contributed by atoms with Gasteiger partial charge in [0.1, 0.15) is 6.54 Å². The minimum atomic E-state index is -1.76. The molecule has 150 valence electrons. The van der Waals surface area contributed by atoms with Crippen molar-refractivity contribution in [2.75, 3.05) is 18.4 Å². The molecule has 4 nitrogen and oxygen atoms in total. The molecular formula is C18H14ClF5N2O2. The molecule has 0 unspecified atom stereocenters. The largest absolute Gasteiger partial charge is 0.329 e. The number of halogens is 6. The quantitative estimate of drug-likeness (QED) is 0.424. The van der Waals surface area contributed by atoms with E-state index in [-0.39, 0.29) is 17.1 Å². The fraction of sp³-hybridized carbons (Fsp3) is 0.222. The van der Waals surface area contributed by atoms with Crippen molar-refractivity contribution in [2.24, 2.45) is 0 Å². The van der Waals surface area contributed by atoms with Crippen LogP contribution < -0.4 is 5.32 Å². The molecule has 0 heterocycles. The molecule has 10 heteroatoms. The summed E-state index contributed by atoms with van der Waals surface area (Å²) in [5.41, 5.74) is -0.973. The van der Waals surface area contributed by atoms with Crippen molar-refractivity contribution < 1.29 is 31.5 Å². The molecule has 0 aromatic heterocycles. The molecule has 0 radical (unpaired) electrons. The normalized spacial score (nSPS) is 10.7. The van der Waals surface area contributed by atoms with Crippen molar-refractivity contribution in [3.8, 4) is 0 Å². The number of hydrogen-bond acceptors (Lipinski definition) is 2. The number of carbonyl (C=O) groups excluding carboxylic acids is 2. The SMILES string of the molecule is CCCN(CC(=O)Nc1ccc(F)c(F)c1F)C(=O)c1cc(F)c(F)cc1Cl. The Bertz CT molecular complexity index is 923. The predicted molar refractivity (Wildman–Crippen MR) is 92.5 cm³/mol. The highest BCUT2D eigenvalue weighted by Crippen LogP contribution is 2.22. The van der Waals surface area contributed by atoms with Gasteiger partial charge in [-0.25, -0.2) is 22.0 Å². The maximum Gasteiger partial charge on any atom is 0.255 e. The van der Waals surface area contributed by atoms with Crippen LogP contribution in [-0.4, -0.2) is 29.8 Å². The fourth-order valence-electron chi connectivity index (χ4n) is 2.36. The molecule has 1 N–H and O–H groups in total. The Balaban J connectivity index is 2.20. The van der Waals surface area contributed by atoms with Gasteiger partial charge >= 0.3 is 0 Å². The van der Waals surface area contributed by atoms with Crippen LogP contribution in [0.3, 0.4) is 0 Å². The van der Waals surface area contributed by atoms with Gasteiger partial charge in [0, 0.05) is 6.54 Å². The Hall–Kier alpha value is -2.68. The number of rotatable bonds is 6. The zero-order chi connectivity index (χ0) is 21.0. The lowest BCUT2D eigenvalue weighted by molar-refractivity contribution is -0.116. The minimum Gasteiger partial charge on any atom is -0.329 e. The molecule has 0 atom stereocenters. The van der Waals surface area contributed by atoms with E-state index < -0.39 is 53.1 Å². The van der Waals surface area contributed by atoms with Crippen molar-refractivity contribution in [3.63, 3.8) is 0 Å². The summed E-state index contributed by atoms with van der Waals surface area (Å²) in [6.07, 6.45) is 0.403. The first-order chi connectivity index (χ1) is 13.1. The molecule has 2 rings (SSSR count). The van der Waals surface area contributed by atoms with Crippen LogP contribution >= 0.6 is 11.6 Å². The van der Waals surface area contributed by atoms with Gasteiger partial charge in [0.2, 0.25) is 5.91 Å². The standard InChI is InChI=1S/C18H14ClF5N2O2/c1-2-5-26(18(28)9-6-12(21)13(22)7-10(9)19)8-15(27)25-14-4-3-11(20)16(23)17(14)24/h3-4,6-7H,2,5,8H2,1H3,(H,25,27). The van der Waals surface area contributed by atoms with E-state index in [2.05, 4.69) is 0 Å². The molecule has 0 fully saturated rings. The molecule has 0 spiro atoms. The number of amides is 2. The van der Waals surface area contributed by atoms with Gasteiger partial charge in [-0.05, 0) is 30.7 Å². The predicted octanol–water partition coefficient (Wildman–Crippen LogP) is 4.53. The fourth-order valence-corrected chi connectivity index (χ4v) is 2.60. The molecule has 2 aromatic rings. The van der Waals surface area contributed by atoms with Crippen LogP contribution in [0.2, 0.25) is 5.02 Å². The van der Waals surface area contributed by atoms with E-state index in [1.165, 1.54) is 0 Å². The van der Waals surface area contributed by atoms with Crippen LogP contribution in [0.15, 0.2) is 24.3 Å². The van der Waals surface area contributed by atoms with Gasteiger partial charge < -0.3 is 10.2 Å². The van der Waals surface area contributed by atoms with Crippen molar-refractivity contribution >= 4 is 29.1 Å². The zero-order valence-electron chi connectivity index (χ0n) is 14.5. The number of benzene rings is 2. The van der Waals surface area contributed by atoms with Gasteiger partial charge in [-0.1, -0.05) is 18.5 Å². The third-order valence-electron chi connectivity index (χ3n) is 3.66. The van der Waals surface area contributed by atoms with E-state index in [9.17, 15) is 31.5 Å². The first-order valence-electron chi connectivity index (χ1n) is 8.02. The molecule has 28 heavy (non-hydrogen) atoms. The summed E-state index contributed by atoms with van der Waals surface area (Å²) in [6.45, 7) is 1.13. The van der Waals surface area contributed by atoms with Crippen LogP contribution in [0, 0.1) is 29.1 Å². The summed E-state index contributed by atoms with van der Waals surface area (Å²) < 4.78 is 66.5. The number of nitrogens with one attached hydrogen (secondary N) is 1. The molecular weight excluding hydrogens is 407 g/mol. The molecule has 0 saturated carbocycles. The van der Waals surface area contributed by atoms with Crippen molar-refractivity contribution in [2.45, 2.75) is 13.3 Å². The average Bonchev–Trinajstić information content (AvgIpc) is 2.64. The maximum absolute atomic E-state index is 13.7. The molecule has 0 saturated heterocycles. The smallest absolute Gasteiger partial charge is 0.255 e. The summed E-state index contributed by atoms with van der Waals surface area (Å²) in [7, 11) is 0. The number of anilines is 1. The summed E-state index contributed by atoms with van der Waals surface area (Å²) in [5.74, 6) is -9.07. The van der Waals surface area contributed by atoms with Crippen molar-refractivity contribution in [1.29, 1.82) is 0 Å². The Labute approximate surface area is 161 Å². The third kappa shape index (κ3) is 4.78. The van der Waals surface area contributed by atoms with Crippen LogP contribution in [0.5, 0.6) is 0 Å². The number of hydrogen-bond donors (Lipinski definition) is 1. The van der Waals surface area contributed by atoms with Crippen LogP contribution in [0.1, 0.15) is 23.7 Å². The van der Waals surface area contributed by atoms with Gasteiger partial charge in [0.05, 0.1) is 16.3 Å². The Morgan fingerprint density at radius 2 is 1.64 bits per heavy atom. The number of nitrogens with zero attached hydrogens (tertiary/aromatic N) is 1. The van der Waals surface area contributed by atoms with Gasteiger partial charge in [-0.15, -0.1) is 0 Å². The summed E-state index contributed by atoms with van der Waals surface area (Å²) in [5, 5.41) is 1.68. The lowest BCUT2D eigenvalue weighted by Gasteiger charge is -2.22. The molecule has 2 aromatic carbocycles. The van der Waals surface area contributed by atoms with E-state index >= 15 is 0 Å². The van der Waals surface area contributed by atoms with E-state index in [1.807, 2.05) is 5.32 Å². The summed E-state index contributed by atoms with van der Waals surface area (Å²) >= 11 is 5.78. The Morgan fingerprint density at radius 1 is 1.00 bits per heavy atom. The van der Waals surface area contributed by atoms with Gasteiger partial charge in [0.25, 0.3) is 5.91 Å². The molecule has 0 aliphatic rings. The highest BCUT2D eigenvalue weighted by Gasteiger charge is 2.23. The Kier molecular flexibility index (Phi) is 6.95. The second kappa shape index (κ2) is 9.01. The minimum absolute atomic E-state index is 0.0435. The summed E-state index contributed by atoms with van der Waals surface area (Å²) in [4.78, 5) is 25.7. The lowest BCUT2D eigenvalue weighted by Crippen LogP contribution is -2.38. The van der Waals surface area contributed by atoms with Crippen molar-refractivity contribution in [1.82, 2.24) is 4.90 Å². The monoisotopic (exact) mass is 420 g/mol. The maximum atomic E-state index is 13.7. The zero-order valence-corrected chi connectivity index (χ0v) is 15.2. The van der Waals surface area contributed by atoms with Gasteiger partial charge in [-0.2, -0.15) is 0 Å². The first-order valence-corrected chi connectivity index (χ1v) is 8.40. The van der Waals surface area contributed by atoms with E-state index in [0.29, 0.717) is 24.6 Å². The highest BCUT2D eigenvalue weighted by molar-refractivity contribution is 6.33. The van der Waals surface area contributed by atoms with Gasteiger partial charge in [-0.3, -0.25) is 9.59 Å². The Morgan fingerprint density at radius 3 is 2.29 bits per heavy atom. The molecule has 0 aliphatic carbocycles. The first kappa shape index (κ1) is 21.6. The van der Waals surface area contributed by atoms with Crippen molar-refractivity contribution in [3.05, 3.63) is 63.9 Å². The lowest BCUT2D eigenvalue weighted by atomic mass is 10.1. The second-order valence-electron chi connectivity index (χ2n) is 5.74. The number of carbonyl (C=O) groups is 2. The van der Waals surface area contributed by atoms with Gasteiger partial charge in [0.15, 0.2) is 29.1 Å². The topological polar surface area (TPSA) is 49.4 Å². The second-order valence-corrected chi connectivity index (χ2v) is 6.15. The van der Waals surface area contributed by atoms with E-state index in [1.54, 1.807) is 6.92 Å². The molecule has 0 aliphatic heterocycles. The van der Waals surface area contributed by atoms with Crippen LogP contribution in [0.25, 0.3) is 0 Å². The molecule has 2 amide bonds. The van der Waals surface area contributed by atoms with E-state index in [4.69, 9.17) is 11.6 Å². The highest BCUT2D eigenvalue weighted by atomic mass is 35.5. The molecule has 0 bridgehead atoms.